The van der Waals surface area contributed by atoms with Crippen LogP contribution in [-0.4, -0.2) is 25.1 Å². The number of aryl methyl sites for hydroxylation is 2. The zero-order valence-corrected chi connectivity index (χ0v) is 24.1. The number of carbonyl (C=O) groups excluding carboxylic acids is 2. The molecule has 2 aromatic heterocycles. The van der Waals surface area contributed by atoms with Crippen LogP contribution < -0.4 is 15.5 Å². The van der Waals surface area contributed by atoms with Gasteiger partial charge in [0.2, 0.25) is 11.2 Å². The number of benzene rings is 2. The quantitative estimate of drug-likeness (QED) is 0.252. The zero-order valence-electron chi connectivity index (χ0n) is 23.3. The first-order chi connectivity index (χ1) is 18.4. The second-order valence-corrected chi connectivity index (χ2v) is 11.7. The highest BCUT2D eigenvalue weighted by Gasteiger charge is 2.24. The van der Waals surface area contributed by atoms with Gasteiger partial charge in [0.1, 0.15) is 10.6 Å². The van der Waals surface area contributed by atoms with Crippen molar-refractivity contribution in [2.45, 2.75) is 53.9 Å². The molecule has 0 aliphatic heterocycles. The molecule has 8 heteroatoms. The van der Waals surface area contributed by atoms with E-state index in [1.807, 2.05) is 51.1 Å². The molecule has 204 valence electrons. The van der Waals surface area contributed by atoms with Crippen molar-refractivity contribution in [2.75, 3.05) is 18.5 Å². The van der Waals surface area contributed by atoms with Crippen LogP contribution in [0.25, 0.3) is 22.3 Å². The molecule has 4 rings (SSSR count). The molecular formula is C31H33NO6S. The van der Waals surface area contributed by atoms with E-state index in [-0.39, 0.29) is 29.0 Å². The van der Waals surface area contributed by atoms with Gasteiger partial charge in [-0.25, -0.2) is 4.79 Å². The molecule has 2 heterocycles. The number of fused-ring (bicyclic) bond motifs is 1. The van der Waals surface area contributed by atoms with Gasteiger partial charge in [-0.15, -0.1) is 11.3 Å². The van der Waals surface area contributed by atoms with Gasteiger partial charge in [-0.3, -0.25) is 9.59 Å². The average Bonchev–Trinajstić information content (AvgIpc) is 3.15. The van der Waals surface area contributed by atoms with E-state index in [2.05, 4.69) is 26.1 Å². The van der Waals surface area contributed by atoms with Gasteiger partial charge in [0, 0.05) is 10.4 Å². The first kappa shape index (κ1) is 28.1. The predicted molar refractivity (Wildman–Crippen MR) is 155 cm³/mol. The SMILES string of the molecule is CCOC(=O)c1c(NC(=O)COc2c(-c3ccc(C(C)(C)C)cc3)oc3cc(C)ccc3c2=O)sc(C)c1C. The molecule has 2 aromatic carbocycles. The molecular weight excluding hydrogens is 514 g/mol. The molecule has 0 saturated heterocycles. The fourth-order valence-electron chi connectivity index (χ4n) is 4.19. The Morgan fingerprint density at radius 1 is 1.03 bits per heavy atom. The van der Waals surface area contributed by atoms with Crippen molar-refractivity contribution in [1.29, 1.82) is 0 Å². The normalized spacial score (nSPS) is 11.5. The van der Waals surface area contributed by atoms with Crippen molar-refractivity contribution < 1.29 is 23.5 Å². The zero-order chi connectivity index (χ0) is 28.5. The lowest BCUT2D eigenvalue weighted by molar-refractivity contribution is -0.118. The first-order valence-corrected chi connectivity index (χ1v) is 13.6. The summed E-state index contributed by atoms with van der Waals surface area (Å²) in [5.41, 5.74) is 3.85. The molecule has 4 aromatic rings. The van der Waals surface area contributed by atoms with Crippen LogP contribution >= 0.6 is 11.3 Å². The van der Waals surface area contributed by atoms with Gasteiger partial charge in [0.15, 0.2) is 12.4 Å². The number of esters is 1. The van der Waals surface area contributed by atoms with E-state index in [0.717, 1.165) is 21.6 Å². The molecule has 1 amide bonds. The van der Waals surface area contributed by atoms with Crippen LogP contribution in [0.15, 0.2) is 51.7 Å². The Bertz CT molecular complexity index is 1610. The van der Waals surface area contributed by atoms with Gasteiger partial charge < -0.3 is 19.2 Å². The highest BCUT2D eigenvalue weighted by molar-refractivity contribution is 7.16. The summed E-state index contributed by atoms with van der Waals surface area (Å²) in [6.07, 6.45) is 0. The van der Waals surface area contributed by atoms with Crippen LogP contribution in [0.4, 0.5) is 5.00 Å². The van der Waals surface area contributed by atoms with Crippen LogP contribution in [0.3, 0.4) is 0 Å². The lowest BCUT2D eigenvalue weighted by atomic mass is 9.86. The number of hydrogen-bond donors (Lipinski definition) is 1. The van der Waals surface area contributed by atoms with Crippen LogP contribution in [0.5, 0.6) is 5.75 Å². The highest BCUT2D eigenvalue weighted by atomic mass is 32.1. The number of nitrogens with one attached hydrogen (secondary N) is 1. The van der Waals surface area contributed by atoms with Crippen molar-refractivity contribution in [3.05, 3.63) is 79.8 Å². The Hall–Kier alpha value is -3.91. The van der Waals surface area contributed by atoms with E-state index >= 15 is 0 Å². The number of amides is 1. The molecule has 0 radical (unpaired) electrons. The Morgan fingerprint density at radius 2 is 1.72 bits per heavy atom. The Morgan fingerprint density at radius 3 is 2.36 bits per heavy atom. The smallest absolute Gasteiger partial charge is 0.341 e. The van der Waals surface area contributed by atoms with Crippen LogP contribution in [0.1, 0.15) is 59.6 Å². The number of ether oxygens (including phenoxy) is 2. The summed E-state index contributed by atoms with van der Waals surface area (Å²) in [7, 11) is 0. The van der Waals surface area contributed by atoms with Gasteiger partial charge in [-0.05, 0) is 61.9 Å². The lowest BCUT2D eigenvalue weighted by Crippen LogP contribution is -2.23. The second-order valence-electron chi connectivity index (χ2n) is 10.5. The molecule has 7 nitrogen and oxygen atoms in total. The summed E-state index contributed by atoms with van der Waals surface area (Å²) in [6, 6.07) is 13.1. The minimum absolute atomic E-state index is 0.0435. The molecule has 39 heavy (non-hydrogen) atoms. The summed E-state index contributed by atoms with van der Waals surface area (Å²) in [5.74, 6) is -0.809. The predicted octanol–water partition coefficient (Wildman–Crippen LogP) is 6.94. The minimum Gasteiger partial charge on any atom is -0.476 e. The topological polar surface area (TPSA) is 94.8 Å². The molecule has 0 bridgehead atoms. The number of rotatable bonds is 7. The molecule has 0 aliphatic carbocycles. The van der Waals surface area contributed by atoms with Crippen LogP contribution in [0, 0.1) is 20.8 Å². The molecule has 0 spiro atoms. The van der Waals surface area contributed by atoms with E-state index in [1.54, 1.807) is 19.1 Å². The van der Waals surface area contributed by atoms with E-state index in [4.69, 9.17) is 13.9 Å². The van der Waals surface area contributed by atoms with E-state index < -0.39 is 18.5 Å². The maximum atomic E-state index is 13.5. The number of anilines is 1. The standard InChI is InChI=1S/C31H33NO6S/c1-8-36-30(35)25-18(3)19(4)39-29(25)32-24(33)16-37-28-26(34)22-14-9-17(2)15-23(22)38-27(28)20-10-12-21(13-11-20)31(5,6)7/h9-15H,8,16H2,1-7H3,(H,32,33). The third kappa shape index (κ3) is 5.91. The minimum atomic E-state index is -0.515. The van der Waals surface area contributed by atoms with E-state index in [9.17, 15) is 14.4 Å². The van der Waals surface area contributed by atoms with E-state index in [0.29, 0.717) is 27.1 Å². The molecule has 1 N–H and O–H groups in total. The summed E-state index contributed by atoms with van der Waals surface area (Å²) >= 11 is 1.29. The molecule has 0 atom stereocenters. The third-order valence-electron chi connectivity index (χ3n) is 6.48. The number of carbonyl (C=O) groups is 2. The first-order valence-electron chi connectivity index (χ1n) is 12.8. The van der Waals surface area contributed by atoms with Crippen molar-refractivity contribution in [3.63, 3.8) is 0 Å². The number of thiophene rings is 1. The lowest BCUT2D eigenvalue weighted by Gasteiger charge is -2.19. The molecule has 0 saturated carbocycles. The highest BCUT2D eigenvalue weighted by Crippen LogP contribution is 2.35. The van der Waals surface area contributed by atoms with Gasteiger partial charge in [-0.1, -0.05) is 51.1 Å². The van der Waals surface area contributed by atoms with Gasteiger partial charge in [0.25, 0.3) is 5.91 Å². The average molecular weight is 548 g/mol. The molecule has 0 aliphatic rings. The summed E-state index contributed by atoms with van der Waals surface area (Å²) in [6.45, 7) is 13.5. The molecule has 0 fully saturated rings. The van der Waals surface area contributed by atoms with Crippen molar-refractivity contribution >= 4 is 39.2 Å². The van der Waals surface area contributed by atoms with Crippen molar-refractivity contribution in [3.8, 4) is 17.1 Å². The van der Waals surface area contributed by atoms with Crippen LogP contribution in [0.2, 0.25) is 0 Å². The summed E-state index contributed by atoms with van der Waals surface area (Å²) in [5, 5.41) is 3.50. The Balaban J connectivity index is 1.68. The largest absolute Gasteiger partial charge is 0.476 e. The van der Waals surface area contributed by atoms with Crippen LogP contribution in [-0.2, 0) is 14.9 Å². The fraction of sp³-hybridized carbons (Fsp3) is 0.323. The van der Waals surface area contributed by atoms with E-state index in [1.165, 1.54) is 11.3 Å². The molecule has 0 unspecified atom stereocenters. The van der Waals surface area contributed by atoms with Gasteiger partial charge in [0.05, 0.1) is 17.6 Å². The number of hydrogen-bond acceptors (Lipinski definition) is 7. The maximum absolute atomic E-state index is 13.5. The Kier molecular flexibility index (Phi) is 7.97. The monoisotopic (exact) mass is 547 g/mol. The third-order valence-corrected chi connectivity index (χ3v) is 7.61. The van der Waals surface area contributed by atoms with Gasteiger partial charge in [-0.2, -0.15) is 0 Å². The Labute approximate surface area is 231 Å². The fourth-order valence-corrected chi connectivity index (χ4v) is 5.26. The summed E-state index contributed by atoms with van der Waals surface area (Å²) in [4.78, 5) is 39.8. The van der Waals surface area contributed by atoms with Crippen molar-refractivity contribution in [1.82, 2.24) is 0 Å². The van der Waals surface area contributed by atoms with Crippen molar-refractivity contribution in [2.24, 2.45) is 0 Å². The maximum Gasteiger partial charge on any atom is 0.341 e. The summed E-state index contributed by atoms with van der Waals surface area (Å²) < 4.78 is 17.2. The van der Waals surface area contributed by atoms with Gasteiger partial charge >= 0.3 is 5.97 Å². The second kappa shape index (κ2) is 11.1.